The van der Waals surface area contributed by atoms with Crippen LogP contribution in [0.5, 0.6) is 0 Å². The number of H-pyrrole nitrogens is 2. The van der Waals surface area contributed by atoms with Crippen LogP contribution in [0.25, 0.3) is 39.3 Å². The maximum Gasteiger partial charge on any atom is 0.222 e. The Balaban J connectivity index is 1.27. The van der Waals surface area contributed by atoms with E-state index in [0.717, 1.165) is 73.5 Å². The molecule has 1 saturated heterocycles. The summed E-state index contributed by atoms with van der Waals surface area (Å²) < 4.78 is 5.60. The van der Waals surface area contributed by atoms with Gasteiger partial charge in [0.2, 0.25) is 5.91 Å². The van der Waals surface area contributed by atoms with Gasteiger partial charge in [0.15, 0.2) is 0 Å². The van der Waals surface area contributed by atoms with Crippen LogP contribution in [0.2, 0.25) is 0 Å². The van der Waals surface area contributed by atoms with Crippen LogP contribution in [0.4, 0.5) is 0 Å². The molecule has 3 aromatic rings. The molecule has 0 aromatic carbocycles. The largest absolute Gasteiger partial charge is 0.394 e. The van der Waals surface area contributed by atoms with Gasteiger partial charge in [0.1, 0.15) is 29.9 Å². The number of amides is 1. The number of aliphatic hydroxyl groups excluding tert-OH is 4. The van der Waals surface area contributed by atoms with Gasteiger partial charge >= 0.3 is 0 Å². The Bertz CT molecular complexity index is 2100. The van der Waals surface area contributed by atoms with Gasteiger partial charge in [0.05, 0.1) is 18.0 Å². The minimum atomic E-state index is -1.40. The van der Waals surface area contributed by atoms with Crippen LogP contribution < -0.4 is 0 Å². The van der Waals surface area contributed by atoms with Gasteiger partial charge in [-0.3, -0.25) is 9.78 Å². The van der Waals surface area contributed by atoms with Gasteiger partial charge in [-0.1, -0.05) is 26.5 Å². The second kappa shape index (κ2) is 16.5. The van der Waals surface area contributed by atoms with Gasteiger partial charge in [0, 0.05) is 70.9 Å². The Morgan fingerprint density at radius 2 is 1.67 bits per heavy atom. The van der Waals surface area contributed by atoms with Crippen LogP contribution in [-0.4, -0.2) is 107 Å². The summed E-state index contributed by atoms with van der Waals surface area (Å²) in [7, 11) is 1.80. The number of allylic oxidation sites excluding steroid dienone is 2. The van der Waals surface area contributed by atoms with E-state index in [9.17, 15) is 25.2 Å². The van der Waals surface area contributed by atoms with E-state index < -0.39 is 36.5 Å². The fourth-order valence-corrected chi connectivity index (χ4v) is 9.08. The van der Waals surface area contributed by atoms with Crippen molar-refractivity contribution in [3.8, 4) is 0 Å². The Hall–Kier alpha value is -3.78. The summed E-state index contributed by atoms with van der Waals surface area (Å²) in [6.45, 7) is 17.0. The first-order chi connectivity index (χ1) is 25.8. The molecule has 8 bridgehead atoms. The molecule has 11 nitrogen and oxygen atoms in total. The Kier molecular flexibility index (Phi) is 12.2. The molecule has 0 radical (unpaired) electrons. The summed E-state index contributed by atoms with van der Waals surface area (Å²) in [6.07, 6.45) is -0.586. The average molecular weight is 758 g/mol. The van der Waals surface area contributed by atoms with E-state index in [-0.39, 0.29) is 17.7 Å². The first kappa shape index (κ1) is 39.9. The molecule has 6 rings (SSSR count). The highest BCUT2D eigenvalue weighted by Crippen LogP contribution is 2.42. The standard InChI is InChI=1S/C42H55N5O6S/c1-9-26-23(5)32-19-35-27(10-2)22(4)31(44-35)18-33-24(6)28(38(46-33)25(7)30-16-21(3)29(43-30)17-34(26)45-32)12-13-37(49)47(8)14-11-15-54-42-41(52)40(51)39(50)36(20-48)53-42/h10,16-19,24,28,36,39-44,48,50-52H,2,9,11-15,20H2,1,3-8H3/t24-,28-,36+,39+,40-,41+,42-/m0/s1. The molecule has 7 atom stereocenters. The highest BCUT2D eigenvalue weighted by molar-refractivity contribution is 7.99. The van der Waals surface area contributed by atoms with E-state index in [1.165, 1.54) is 22.9 Å². The van der Waals surface area contributed by atoms with E-state index in [1.807, 2.05) is 6.08 Å². The van der Waals surface area contributed by atoms with Crippen molar-refractivity contribution in [3.63, 3.8) is 0 Å². The zero-order chi connectivity index (χ0) is 39.0. The fraction of sp³-hybridized carbons (Fsp3) is 0.500. The van der Waals surface area contributed by atoms with Crippen molar-refractivity contribution in [2.24, 2.45) is 0 Å². The van der Waals surface area contributed by atoms with Gasteiger partial charge < -0.3 is 40.0 Å². The summed E-state index contributed by atoms with van der Waals surface area (Å²) in [5, 5.41) is 40.0. The van der Waals surface area contributed by atoms with Crippen LogP contribution in [0.3, 0.4) is 0 Å². The number of aromatic nitrogens is 4. The summed E-state index contributed by atoms with van der Waals surface area (Å²) >= 11 is 1.30. The predicted molar refractivity (Wildman–Crippen MR) is 217 cm³/mol. The number of carbonyl (C=O) groups is 1. The number of hydrogen-bond acceptors (Lipinski definition) is 9. The third kappa shape index (κ3) is 7.69. The monoisotopic (exact) mass is 757 g/mol. The summed E-state index contributed by atoms with van der Waals surface area (Å²) in [6, 6.07) is 8.61. The van der Waals surface area contributed by atoms with E-state index in [4.69, 9.17) is 14.7 Å². The van der Waals surface area contributed by atoms with Crippen molar-refractivity contribution in [1.29, 1.82) is 0 Å². The van der Waals surface area contributed by atoms with Crippen LogP contribution in [0.1, 0.15) is 103 Å². The molecule has 54 heavy (non-hydrogen) atoms. The molecule has 3 aliphatic heterocycles. The Morgan fingerprint density at radius 3 is 2.37 bits per heavy atom. The summed E-state index contributed by atoms with van der Waals surface area (Å²) in [5.74, 6) is 0.688. The second-order valence-corrected chi connectivity index (χ2v) is 16.2. The molecule has 0 saturated carbocycles. The molecule has 6 heterocycles. The molecule has 6 N–H and O–H groups in total. The number of aliphatic hydroxyl groups is 4. The molecular weight excluding hydrogens is 703 g/mol. The van der Waals surface area contributed by atoms with Crippen molar-refractivity contribution in [2.45, 2.75) is 109 Å². The molecule has 0 aliphatic carbocycles. The summed E-state index contributed by atoms with van der Waals surface area (Å²) in [4.78, 5) is 33.0. The number of thioether (sulfide) groups is 1. The number of aryl methyl sites for hydroxylation is 3. The zero-order valence-corrected chi connectivity index (χ0v) is 33.3. The van der Waals surface area contributed by atoms with Crippen LogP contribution >= 0.6 is 11.8 Å². The first-order valence-corrected chi connectivity index (χ1v) is 20.0. The van der Waals surface area contributed by atoms with Gasteiger partial charge in [-0.15, -0.1) is 11.8 Å². The molecule has 12 heteroatoms. The third-order valence-electron chi connectivity index (χ3n) is 11.5. The number of ether oxygens (including phenoxy) is 1. The van der Waals surface area contributed by atoms with Gasteiger partial charge in [0.25, 0.3) is 0 Å². The lowest BCUT2D eigenvalue weighted by atomic mass is 9.86. The fourth-order valence-electron chi connectivity index (χ4n) is 7.97. The second-order valence-electron chi connectivity index (χ2n) is 15.0. The van der Waals surface area contributed by atoms with Crippen LogP contribution in [0.15, 0.2) is 30.8 Å². The maximum atomic E-state index is 13.5. The number of nitrogens with zero attached hydrogens (tertiary/aromatic N) is 3. The lowest BCUT2D eigenvalue weighted by molar-refractivity contribution is -0.205. The molecule has 0 unspecified atom stereocenters. The van der Waals surface area contributed by atoms with Crippen LogP contribution in [0, 0.1) is 20.8 Å². The summed E-state index contributed by atoms with van der Waals surface area (Å²) in [5.41, 5.74) is 13.8. The number of aromatic amines is 2. The minimum absolute atomic E-state index is 0.0236. The van der Waals surface area contributed by atoms with E-state index >= 15 is 0 Å². The highest BCUT2D eigenvalue weighted by Gasteiger charge is 2.43. The third-order valence-corrected chi connectivity index (χ3v) is 12.8. The molecular formula is C42H55N5O6S. The predicted octanol–water partition coefficient (Wildman–Crippen LogP) is 6.27. The van der Waals surface area contributed by atoms with E-state index in [2.05, 4.69) is 82.4 Å². The zero-order valence-electron chi connectivity index (χ0n) is 32.4. The smallest absolute Gasteiger partial charge is 0.222 e. The van der Waals surface area contributed by atoms with E-state index in [0.29, 0.717) is 31.6 Å². The molecule has 1 fully saturated rings. The molecule has 3 aromatic heterocycles. The number of carbonyl (C=O) groups excluding carboxylic acids is 1. The number of nitrogens with one attached hydrogen (secondary N) is 2. The maximum absolute atomic E-state index is 13.5. The van der Waals surface area contributed by atoms with Crippen molar-refractivity contribution < 1.29 is 30.0 Å². The van der Waals surface area contributed by atoms with Gasteiger partial charge in [-0.2, -0.15) is 0 Å². The lowest BCUT2D eigenvalue weighted by Gasteiger charge is -2.39. The quantitative estimate of drug-likeness (QED) is 0.124. The molecule has 0 spiro atoms. The Morgan fingerprint density at radius 1 is 0.963 bits per heavy atom. The van der Waals surface area contributed by atoms with E-state index in [1.54, 1.807) is 11.9 Å². The number of hydrogen-bond donors (Lipinski definition) is 6. The van der Waals surface area contributed by atoms with Crippen molar-refractivity contribution in [2.75, 3.05) is 26.0 Å². The normalized spacial score (nSPS) is 24.2. The van der Waals surface area contributed by atoms with Gasteiger partial charge in [-0.05, 0) is 105 Å². The van der Waals surface area contributed by atoms with Crippen molar-refractivity contribution in [3.05, 3.63) is 75.9 Å². The highest BCUT2D eigenvalue weighted by atomic mass is 32.2. The van der Waals surface area contributed by atoms with Crippen molar-refractivity contribution in [1.82, 2.24) is 24.8 Å². The SMILES string of the molecule is C=Cc1c(C)c2cc3nc(c(C)c4cc(C)c(cc5nc(cc1[nH]2)C(C)=C5CC)[nH]4)[C@@H](CCC(=O)N(C)CCCS[C@@H]1O[C@H](CO)[C@@H](O)[C@H](O)[C@H]1O)[C@@H]3C. The number of fused-ring (bicyclic) bond motifs is 8. The topological polar surface area (TPSA) is 168 Å². The minimum Gasteiger partial charge on any atom is -0.394 e. The molecule has 290 valence electrons. The van der Waals surface area contributed by atoms with Crippen LogP contribution in [-0.2, 0) is 9.53 Å². The van der Waals surface area contributed by atoms with Gasteiger partial charge in [-0.25, -0.2) is 4.98 Å². The molecule has 1 amide bonds. The lowest BCUT2D eigenvalue weighted by Crippen LogP contribution is -2.57. The van der Waals surface area contributed by atoms with Crippen molar-refractivity contribution >= 4 is 57.0 Å². The first-order valence-electron chi connectivity index (χ1n) is 19.0. The number of rotatable bonds is 11. The molecule has 3 aliphatic rings. The average Bonchev–Trinajstić information content (AvgIpc) is 3.86. The Labute approximate surface area is 321 Å².